The van der Waals surface area contributed by atoms with Crippen molar-refractivity contribution >= 4 is 39.8 Å². The van der Waals surface area contributed by atoms with Crippen LogP contribution in [0.15, 0.2) is 5.38 Å². The smallest absolute Gasteiger partial charge is 0.186 e. The lowest BCUT2D eigenvalue weighted by molar-refractivity contribution is 0.590. The molecule has 0 unspecified atom stereocenters. The Morgan fingerprint density at radius 1 is 1.57 bits per heavy atom. The Labute approximate surface area is 97.7 Å². The van der Waals surface area contributed by atoms with Gasteiger partial charge in [0.15, 0.2) is 5.13 Å². The molecule has 1 aromatic rings. The molecule has 0 bridgehead atoms. The summed E-state index contributed by atoms with van der Waals surface area (Å²) < 4.78 is 0. The van der Waals surface area contributed by atoms with E-state index in [-0.39, 0.29) is 0 Å². The average molecular weight is 249 g/mol. The summed E-state index contributed by atoms with van der Waals surface area (Å²) in [4.78, 5) is 6.62. The molecule has 1 aliphatic rings. The Hall–Kier alpha value is 0.0700. The highest BCUT2D eigenvalue weighted by atomic mass is 35.5. The Morgan fingerprint density at radius 2 is 2.29 bits per heavy atom. The molecule has 5 heteroatoms. The molecule has 0 aromatic carbocycles. The lowest BCUT2D eigenvalue weighted by Gasteiger charge is -2.30. The third-order valence-corrected chi connectivity index (χ3v) is 4.87. The van der Waals surface area contributed by atoms with E-state index in [1.807, 2.05) is 17.1 Å². The van der Waals surface area contributed by atoms with E-state index >= 15 is 0 Å². The van der Waals surface area contributed by atoms with E-state index in [9.17, 15) is 0 Å². The van der Waals surface area contributed by atoms with Crippen molar-refractivity contribution < 1.29 is 0 Å². The molecule has 0 spiro atoms. The van der Waals surface area contributed by atoms with E-state index in [2.05, 4.69) is 16.1 Å². The van der Waals surface area contributed by atoms with E-state index < -0.39 is 0 Å². The maximum Gasteiger partial charge on any atom is 0.186 e. The number of rotatable bonds is 2. The first kappa shape index (κ1) is 10.6. The number of thioether (sulfide) groups is 1. The first-order valence-corrected chi connectivity index (χ1v) is 7.23. The van der Waals surface area contributed by atoms with Gasteiger partial charge in [-0.25, -0.2) is 4.98 Å². The maximum absolute atomic E-state index is 5.80. The Balaban J connectivity index is 1.95. The van der Waals surface area contributed by atoms with Gasteiger partial charge in [0.05, 0.1) is 0 Å². The summed E-state index contributed by atoms with van der Waals surface area (Å²) >= 11 is 9.42. The molecule has 0 amide bonds. The first-order chi connectivity index (χ1) is 6.79. The predicted molar refractivity (Wildman–Crippen MR) is 65.9 cm³/mol. The highest BCUT2D eigenvalue weighted by Gasteiger charge is 2.20. The number of thiazole rings is 1. The summed E-state index contributed by atoms with van der Waals surface area (Å²) in [6, 6.07) is 0. The Morgan fingerprint density at radius 3 is 2.79 bits per heavy atom. The number of nitrogens with zero attached hydrogens (tertiary/aromatic N) is 2. The molecule has 2 rings (SSSR count). The van der Waals surface area contributed by atoms with Crippen molar-refractivity contribution in [3.8, 4) is 0 Å². The summed E-state index contributed by atoms with van der Waals surface area (Å²) in [5.74, 6) is 0. The normalized spacial score (nSPS) is 18.9. The standard InChI is InChI=1S/C9H13ClN2S2/c1-13-7-2-4-12(5-3-7)9-11-8(10)6-14-9/h6-7H,2-5H2,1H3. The molecule has 1 aromatic heterocycles. The minimum Gasteiger partial charge on any atom is -0.348 e. The van der Waals surface area contributed by atoms with Crippen molar-refractivity contribution in [2.45, 2.75) is 18.1 Å². The number of piperidine rings is 1. The fourth-order valence-corrected chi connectivity index (χ4v) is 3.36. The fourth-order valence-electron chi connectivity index (χ4n) is 1.67. The minimum absolute atomic E-state index is 0.622. The van der Waals surface area contributed by atoms with Crippen molar-refractivity contribution in [3.63, 3.8) is 0 Å². The minimum atomic E-state index is 0.622. The monoisotopic (exact) mass is 248 g/mol. The van der Waals surface area contributed by atoms with Crippen LogP contribution in [0.3, 0.4) is 0 Å². The second-order valence-corrected chi connectivity index (χ2v) is 5.74. The van der Waals surface area contributed by atoms with Gasteiger partial charge in [-0.3, -0.25) is 0 Å². The van der Waals surface area contributed by atoms with Crippen LogP contribution in [0, 0.1) is 0 Å². The van der Waals surface area contributed by atoms with Gasteiger partial charge < -0.3 is 4.90 Å². The molecule has 14 heavy (non-hydrogen) atoms. The van der Waals surface area contributed by atoms with Crippen molar-refractivity contribution in [2.24, 2.45) is 0 Å². The van der Waals surface area contributed by atoms with E-state index in [1.165, 1.54) is 12.8 Å². The van der Waals surface area contributed by atoms with Crippen LogP contribution >= 0.6 is 34.7 Å². The second kappa shape index (κ2) is 4.73. The van der Waals surface area contributed by atoms with E-state index in [4.69, 9.17) is 11.6 Å². The zero-order valence-corrected chi connectivity index (χ0v) is 10.5. The predicted octanol–water partition coefficient (Wildman–Crippen LogP) is 3.13. The number of anilines is 1. The summed E-state index contributed by atoms with van der Waals surface area (Å²) in [7, 11) is 0. The number of halogens is 1. The van der Waals surface area contributed by atoms with Crippen LogP contribution in [0.1, 0.15) is 12.8 Å². The number of hydrogen-bond acceptors (Lipinski definition) is 4. The molecule has 1 fully saturated rings. The molecule has 0 atom stereocenters. The largest absolute Gasteiger partial charge is 0.348 e. The summed E-state index contributed by atoms with van der Waals surface area (Å²) in [6.45, 7) is 2.24. The van der Waals surface area contributed by atoms with Crippen LogP contribution in [-0.4, -0.2) is 29.6 Å². The topological polar surface area (TPSA) is 16.1 Å². The zero-order valence-electron chi connectivity index (χ0n) is 8.07. The average Bonchev–Trinajstić information content (AvgIpc) is 2.65. The van der Waals surface area contributed by atoms with Gasteiger partial charge in [-0.1, -0.05) is 11.6 Å². The lowest BCUT2D eigenvalue weighted by Crippen LogP contribution is -2.34. The maximum atomic E-state index is 5.80. The molecule has 2 heterocycles. The highest BCUT2D eigenvalue weighted by Crippen LogP contribution is 2.28. The third-order valence-electron chi connectivity index (χ3n) is 2.51. The van der Waals surface area contributed by atoms with Gasteiger partial charge in [0.25, 0.3) is 0 Å². The van der Waals surface area contributed by atoms with Crippen molar-refractivity contribution in [3.05, 3.63) is 10.5 Å². The van der Waals surface area contributed by atoms with E-state index in [0.717, 1.165) is 23.5 Å². The van der Waals surface area contributed by atoms with E-state index in [1.54, 1.807) is 11.3 Å². The van der Waals surface area contributed by atoms with Gasteiger partial charge in [-0.2, -0.15) is 11.8 Å². The van der Waals surface area contributed by atoms with Gasteiger partial charge in [0.2, 0.25) is 0 Å². The summed E-state index contributed by atoms with van der Waals surface area (Å²) in [5, 5.41) is 4.44. The van der Waals surface area contributed by atoms with Crippen LogP contribution in [-0.2, 0) is 0 Å². The molecule has 0 N–H and O–H groups in total. The van der Waals surface area contributed by atoms with Gasteiger partial charge >= 0.3 is 0 Å². The summed E-state index contributed by atoms with van der Waals surface area (Å²) in [5.41, 5.74) is 0. The van der Waals surface area contributed by atoms with Crippen molar-refractivity contribution in [2.75, 3.05) is 24.2 Å². The van der Waals surface area contributed by atoms with Gasteiger partial charge in [0, 0.05) is 23.7 Å². The summed E-state index contributed by atoms with van der Waals surface area (Å²) in [6.07, 6.45) is 4.72. The molecule has 2 nitrogen and oxygen atoms in total. The molecule has 1 aliphatic heterocycles. The molecule has 0 radical (unpaired) electrons. The van der Waals surface area contributed by atoms with E-state index in [0.29, 0.717) is 5.15 Å². The highest BCUT2D eigenvalue weighted by molar-refractivity contribution is 7.99. The van der Waals surface area contributed by atoms with Crippen molar-refractivity contribution in [1.82, 2.24) is 4.98 Å². The zero-order chi connectivity index (χ0) is 9.97. The van der Waals surface area contributed by atoms with Crippen LogP contribution < -0.4 is 4.90 Å². The molecular weight excluding hydrogens is 236 g/mol. The lowest BCUT2D eigenvalue weighted by atomic mass is 10.1. The van der Waals surface area contributed by atoms with Gasteiger partial charge in [-0.15, -0.1) is 11.3 Å². The van der Waals surface area contributed by atoms with Crippen LogP contribution in [0.4, 0.5) is 5.13 Å². The Bertz CT molecular complexity index is 295. The SMILES string of the molecule is CSC1CCN(c2nc(Cl)cs2)CC1. The van der Waals surface area contributed by atoms with Gasteiger partial charge in [-0.05, 0) is 19.1 Å². The number of aromatic nitrogens is 1. The second-order valence-electron chi connectivity index (χ2n) is 3.37. The quantitative estimate of drug-likeness (QED) is 0.800. The van der Waals surface area contributed by atoms with Crippen LogP contribution in [0.5, 0.6) is 0 Å². The molecule has 78 valence electrons. The van der Waals surface area contributed by atoms with Crippen LogP contribution in [0.25, 0.3) is 0 Å². The van der Waals surface area contributed by atoms with Crippen molar-refractivity contribution in [1.29, 1.82) is 0 Å². The molecular formula is C9H13ClN2S2. The van der Waals surface area contributed by atoms with Gasteiger partial charge in [0.1, 0.15) is 5.15 Å². The molecule has 1 saturated heterocycles. The molecule has 0 aliphatic carbocycles. The first-order valence-electron chi connectivity index (χ1n) is 4.68. The number of hydrogen-bond donors (Lipinski definition) is 0. The van der Waals surface area contributed by atoms with Crippen LogP contribution in [0.2, 0.25) is 5.15 Å². The fraction of sp³-hybridized carbons (Fsp3) is 0.667. The Kier molecular flexibility index (Phi) is 3.57. The molecule has 0 saturated carbocycles. The third kappa shape index (κ3) is 2.35.